The Balaban J connectivity index is 1.54. The third-order valence-corrected chi connectivity index (χ3v) is 4.71. The highest BCUT2D eigenvalue weighted by atomic mass is 35.5. The number of rotatable bonds is 4. The van der Waals surface area contributed by atoms with E-state index in [-0.39, 0.29) is 6.04 Å². The summed E-state index contributed by atoms with van der Waals surface area (Å²) in [6, 6.07) is 5.47. The van der Waals surface area contributed by atoms with Gasteiger partial charge >= 0.3 is 0 Å². The van der Waals surface area contributed by atoms with Gasteiger partial charge in [0.05, 0.1) is 17.4 Å². The average molecular weight is 364 g/mol. The minimum Gasteiger partial charge on any atom is -0.490 e. The molecule has 24 heavy (non-hydrogen) atoms. The number of hydrogen-bond donors (Lipinski definition) is 1. The first-order valence-corrected chi connectivity index (χ1v) is 8.46. The number of ether oxygens (including phenoxy) is 1. The first-order chi connectivity index (χ1) is 11.7. The summed E-state index contributed by atoms with van der Waals surface area (Å²) >= 11 is 12.1. The van der Waals surface area contributed by atoms with Crippen LogP contribution in [0.5, 0.6) is 5.75 Å². The van der Waals surface area contributed by atoms with E-state index in [1.807, 2.05) is 0 Å². The molecular formula is C16H15Cl2N5O. The van der Waals surface area contributed by atoms with E-state index in [2.05, 4.69) is 24.8 Å². The minimum atomic E-state index is 0.221. The summed E-state index contributed by atoms with van der Waals surface area (Å²) in [6.07, 6.45) is 5.30. The number of fused-ring (bicyclic) bond motifs is 1. The van der Waals surface area contributed by atoms with E-state index < -0.39 is 0 Å². The predicted octanol–water partition coefficient (Wildman–Crippen LogP) is 3.71. The summed E-state index contributed by atoms with van der Waals surface area (Å²) in [5.74, 6) is 1.51. The van der Waals surface area contributed by atoms with E-state index >= 15 is 0 Å². The zero-order chi connectivity index (χ0) is 16.5. The van der Waals surface area contributed by atoms with Gasteiger partial charge in [0.15, 0.2) is 11.5 Å². The molecule has 0 radical (unpaired) electrons. The molecule has 0 bridgehead atoms. The highest BCUT2D eigenvalue weighted by Gasteiger charge is 2.28. The number of imidazole rings is 1. The van der Waals surface area contributed by atoms with Gasteiger partial charge in [-0.2, -0.15) is 0 Å². The van der Waals surface area contributed by atoms with Gasteiger partial charge in [-0.1, -0.05) is 23.2 Å². The molecule has 0 amide bonds. The lowest BCUT2D eigenvalue weighted by Crippen LogP contribution is -2.35. The quantitative estimate of drug-likeness (QED) is 0.765. The van der Waals surface area contributed by atoms with Gasteiger partial charge < -0.3 is 14.6 Å². The van der Waals surface area contributed by atoms with E-state index in [1.165, 1.54) is 0 Å². The number of H-pyrrole nitrogens is 1. The van der Waals surface area contributed by atoms with Gasteiger partial charge in [-0.25, -0.2) is 15.0 Å². The maximum atomic E-state index is 6.17. The molecule has 1 fully saturated rings. The fourth-order valence-corrected chi connectivity index (χ4v) is 3.50. The van der Waals surface area contributed by atoms with Gasteiger partial charge in [0.25, 0.3) is 0 Å². The Morgan fingerprint density at radius 1 is 1.25 bits per heavy atom. The van der Waals surface area contributed by atoms with Crippen LogP contribution in [0.3, 0.4) is 0 Å². The molecule has 1 aliphatic heterocycles. The molecule has 3 heterocycles. The van der Waals surface area contributed by atoms with Crippen LogP contribution >= 0.6 is 23.2 Å². The van der Waals surface area contributed by atoms with Gasteiger partial charge in [0.1, 0.15) is 24.2 Å². The Morgan fingerprint density at radius 2 is 2.17 bits per heavy atom. The van der Waals surface area contributed by atoms with Crippen LogP contribution in [-0.2, 0) is 0 Å². The van der Waals surface area contributed by atoms with Gasteiger partial charge in [0.2, 0.25) is 0 Å². The largest absolute Gasteiger partial charge is 0.490 e. The Bertz CT molecular complexity index is 869. The smallest absolute Gasteiger partial charge is 0.182 e. The zero-order valence-electron chi connectivity index (χ0n) is 12.7. The number of hydrogen-bond acceptors (Lipinski definition) is 5. The van der Waals surface area contributed by atoms with Crippen LogP contribution in [0, 0.1) is 0 Å². The van der Waals surface area contributed by atoms with Gasteiger partial charge in [-0.15, -0.1) is 0 Å². The van der Waals surface area contributed by atoms with Crippen molar-refractivity contribution >= 4 is 40.2 Å². The molecule has 6 nitrogen and oxygen atoms in total. The SMILES string of the molecule is Clc1ccc(OC[C@H]2CCCN2c2ncnc3nc[nH]c23)c(Cl)c1. The number of halogens is 2. The molecule has 0 aliphatic carbocycles. The summed E-state index contributed by atoms with van der Waals surface area (Å²) in [6.45, 7) is 1.45. The van der Waals surface area contributed by atoms with E-state index in [0.29, 0.717) is 28.0 Å². The lowest BCUT2D eigenvalue weighted by atomic mass is 10.2. The third kappa shape index (κ3) is 2.87. The van der Waals surface area contributed by atoms with Crippen LogP contribution in [-0.4, -0.2) is 39.1 Å². The standard InChI is InChI=1S/C16H15Cl2N5O/c17-10-3-4-13(12(18)6-10)24-7-11-2-1-5-23(11)16-14-15(20-8-19-14)21-9-22-16/h3-4,6,8-9,11H,1-2,5,7H2,(H,19,20,21,22)/t11-/m1/s1. The average Bonchev–Trinajstić information content (AvgIpc) is 3.22. The van der Waals surface area contributed by atoms with Gasteiger partial charge in [0, 0.05) is 11.6 Å². The van der Waals surface area contributed by atoms with Gasteiger partial charge in [-0.05, 0) is 31.0 Å². The number of nitrogens with zero attached hydrogens (tertiary/aromatic N) is 4. The number of nitrogens with one attached hydrogen (secondary N) is 1. The molecule has 1 N–H and O–H groups in total. The molecule has 1 aromatic carbocycles. The first kappa shape index (κ1) is 15.5. The minimum absolute atomic E-state index is 0.221. The summed E-state index contributed by atoms with van der Waals surface area (Å²) in [7, 11) is 0. The van der Waals surface area contributed by atoms with Crippen molar-refractivity contribution in [2.75, 3.05) is 18.1 Å². The monoisotopic (exact) mass is 363 g/mol. The highest BCUT2D eigenvalue weighted by Crippen LogP contribution is 2.31. The Morgan fingerprint density at radius 3 is 3.04 bits per heavy atom. The first-order valence-electron chi connectivity index (χ1n) is 7.71. The molecule has 0 unspecified atom stereocenters. The summed E-state index contributed by atoms with van der Waals surface area (Å²) in [5.41, 5.74) is 1.53. The number of aromatic amines is 1. The summed E-state index contributed by atoms with van der Waals surface area (Å²) in [5, 5.41) is 1.11. The van der Waals surface area contributed by atoms with Crippen LogP contribution in [0.4, 0.5) is 5.82 Å². The van der Waals surface area contributed by atoms with Crippen molar-refractivity contribution in [2.45, 2.75) is 18.9 Å². The van der Waals surface area contributed by atoms with Crippen molar-refractivity contribution in [2.24, 2.45) is 0 Å². The number of benzene rings is 1. The van der Waals surface area contributed by atoms with E-state index in [4.69, 9.17) is 27.9 Å². The molecule has 8 heteroatoms. The van der Waals surface area contributed by atoms with Crippen molar-refractivity contribution in [3.05, 3.63) is 40.9 Å². The highest BCUT2D eigenvalue weighted by molar-refractivity contribution is 6.35. The van der Waals surface area contributed by atoms with E-state index in [9.17, 15) is 0 Å². The number of anilines is 1. The van der Waals surface area contributed by atoms with Crippen molar-refractivity contribution in [3.8, 4) is 5.75 Å². The molecule has 124 valence electrons. The second-order valence-electron chi connectivity index (χ2n) is 5.67. The second kappa shape index (κ2) is 6.45. The van der Waals surface area contributed by atoms with Crippen LogP contribution in [0.15, 0.2) is 30.9 Å². The number of aromatic nitrogens is 4. The lowest BCUT2D eigenvalue weighted by Gasteiger charge is -2.26. The topological polar surface area (TPSA) is 66.9 Å². The van der Waals surface area contributed by atoms with Crippen LogP contribution in [0.25, 0.3) is 11.2 Å². The molecule has 1 atom stereocenters. The van der Waals surface area contributed by atoms with Crippen molar-refractivity contribution in [1.29, 1.82) is 0 Å². The molecule has 0 spiro atoms. The molecular weight excluding hydrogens is 349 g/mol. The molecule has 1 aliphatic rings. The molecule has 3 aromatic rings. The molecule has 4 rings (SSSR count). The molecule has 2 aromatic heterocycles. The van der Waals surface area contributed by atoms with E-state index in [0.717, 1.165) is 30.7 Å². The maximum Gasteiger partial charge on any atom is 0.182 e. The Labute approximate surface area is 148 Å². The van der Waals surface area contributed by atoms with Crippen LogP contribution in [0.1, 0.15) is 12.8 Å². The molecule has 1 saturated heterocycles. The molecule has 0 saturated carbocycles. The van der Waals surface area contributed by atoms with Crippen LogP contribution in [0.2, 0.25) is 10.0 Å². The normalized spacial score (nSPS) is 17.6. The fraction of sp³-hybridized carbons (Fsp3) is 0.312. The maximum absolute atomic E-state index is 6.17. The third-order valence-electron chi connectivity index (χ3n) is 4.18. The second-order valence-corrected chi connectivity index (χ2v) is 6.52. The fourth-order valence-electron chi connectivity index (χ4n) is 3.04. The van der Waals surface area contributed by atoms with Crippen molar-refractivity contribution in [1.82, 2.24) is 19.9 Å². The van der Waals surface area contributed by atoms with Gasteiger partial charge in [-0.3, -0.25) is 0 Å². The summed E-state index contributed by atoms with van der Waals surface area (Å²) in [4.78, 5) is 18.2. The summed E-state index contributed by atoms with van der Waals surface area (Å²) < 4.78 is 5.92. The Hall–Kier alpha value is -2.05. The predicted molar refractivity (Wildman–Crippen MR) is 94.0 cm³/mol. The van der Waals surface area contributed by atoms with Crippen molar-refractivity contribution in [3.63, 3.8) is 0 Å². The zero-order valence-corrected chi connectivity index (χ0v) is 14.3. The van der Waals surface area contributed by atoms with E-state index in [1.54, 1.807) is 30.9 Å². The lowest BCUT2D eigenvalue weighted by molar-refractivity contribution is 0.288. The van der Waals surface area contributed by atoms with Crippen molar-refractivity contribution < 1.29 is 4.74 Å². The van der Waals surface area contributed by atoms with Crippen LogP contribution < -0.4 is 9.64 Å². The Kier molecular flexibility index (Phi) is 4.16.